The molecular weight excluding hydrogens is 192 g/mol. The van der Waals surface area contributed by atoms with Crippen LogP contribution in [0.15, 0.2) is 30.0 Å². The van der Waals surface area contributed by atoms with Crippen molar-refractivity contribution >= 4 is 12.0 Å². The topological polar surface area (TPSA) is 46.5 Å². The molecule has 80 valence electrons. The molecule has 1 rings (SSSR count). The lowest BCUT2D eigenvalue weighted by Crippen LogP contribution is -2.01. The molecule has 1 aromatic carbocycles. The Bertz CT molecular complexity index is 363. The summed E-state index contributed by atoms with van der Waals surface area (Å²) in [5, 5.41) is 8.74. The monoisotopic (exact) mass is 206 g/mol. The quantitative estimate of drug-likeness (QED) is 0.607. The standard InChI is InChI=1S/C12H14O3/c1-3-9-4-6-10(7-5-9)8-11(15-2)12(13)14/h4-8H,3H2,1-2H3,(H,13,14). The molecule has 0 spiro atoms. The maximum Gasteiger partial charge on any atom is 0.371 e. The number of rotatable bonds is 4. The molecule has 0 unspecified atom stereocenters. The van der Waals surface area contributed by atoms with Crippen molar-refractivity contribution in [3.63, 3.8) is 0 Å². The number of hydrogen-bond acceptors (Lipinski definition) is 2. The van der Waals surface area contributed by atoms with Crippen LogP contribution in [0.4, 0.5) is 0 Å². The molecule has 3 nitrogen and oxygen atoms in total. The summed E-state index contributed by atoms with van der Waals surface area (Å²) in [6.45, 7) is 2.07. The van der Waals surface area contributed by atoms with Crippen molar-refractivity contribution in [2.75, 3.05) is 7.11 Å². The van der Waals surface area contributed by atoms with E-state index in [0.29, 0.717) is 0 Å². The molecule has 0 aliphatic rings. The number of hydrogen-bond donors (Lipinski definition) is 1. The van der Waals surface area contributed by atoms with E-state index in [9.17, 15) is 4.79 Å². The van der Waals surface area contributed by atoms with Crippen LogP contribution in [0.1, 0.15) is 18.1 Å². The van der Waals surface area contributed by atoms with Crippen LogP contribution in [-0.4, -0.2) is 18.2 Å². The first-order valence-electron chi connectivity index (χ1n) is 4.75. The van der Waals surface area contributed by atoms with Crippen molar-refractivity contribution in [1.82, 2.24) is 0 Å². The summed E-state index contributed by atoms with van der Waals surface area (Å²) >= 11 is 0. The van der Waals surface area contributed by atoms with Gasteiger partial charge in [-0.1, -0.05) is 31.2 Å². The van der Waals surface area contributed by atoms with Gasteiger partial charge in [0.2, 0.25) is 5.76 Å². The highest BCUT2D eigenvalue weighted by molar-refractivity contribution is 5.89. The van der Waals surface area contributed by atoms with Crippen molar-refractivity contribution in [2.45, 2.75) is 13.3 Å². The van der Waals surface area contributed by atoms with E-state index < -0.39 is 5.97 Å². The van der Waals surface area contributed by atoms with Crippen LogP contribution in [0, 0.1) is 0 Å². The Labute approximate surface area is 89.0 Å². The first-order valence-corrected chi connectivity index (χ1v) is 4.75. The minimum Gasteiger partial charge on any atom is -0.490 e. The van der Waals surface area contributed by atoms with Crippen molar-refractivity contribution in [2.24, 2.45) is 0 Å². The molecule has 0 aliphatic carbocycles. The van der Waals surface area contributed by atoms with Crippen LogP contribution < -0.4 is 0 Å². The highest BCUT2D eigenvalue weighted by Gasteiger charge is 2.05. The summed E-state index contributed by atoms with van der Waals surface area (Å²) in [7, 11) is 1.35. The van der Waals surface area contributed by atoms with E-state index in [1.54, 1.807) is 0 Å². The van der Waals surface area contributed by atoms with E-state index in [1.165, 1.54) is 18.7 Å². The van der Waals surface area contributed by atoms with Gasteiger partial charge in [-0.15, -0.1) is 0 Å². The molecule has 0 radical (unpaired) electrons. The maximum absolute atomic E-state index is 10.7. The Kier molecular flexibility index (Phi) is 3.92. The molecule has 15 heavy (non-hydrogen) atoms. The van der Waals surface area contributed by atoms with Crippen molar-refractivity contribution < 1.29 is 14.6 Å². The Morgan fingerprint density at radius 2 is 2.00 bits per heavy atom. The average molecular weight is 206 g/mol. The van der Waals surface area contributed by atoms with Gasteiger partial charge < -0.3 is 9.84 Å². The zero-order valence-corrected chi connectivity index (χ0v) is 8.86. The van der Waals surface area contributed by atoms with Gasteiger partial charge in [-0.05, 0) is 23.6 Å². The largest absolute Gasteiger partial charge is 0.490 e. The molecule has 0 saturated carbocycles. The van der Waals surface area contributed by atoms with Gasteiger partial charge in [-0.25, -0.2) is 4.79 Å². The summed E-state index contributed by atoms with van der Waals surface area (Å²) in [5.74, 6) is -1.11. The number of methoxy groups -OCH3 is 1. The lowest BCUT2D eigenvalue weighted by atomic mass is 10.1. The van der Waals surface area contributed by atoms with Gasteiger partial charge >= 0.3 is 5.97 Å². The second-order valence-electron chi connectivity index (χ2n) is 3.11. The van der Waals surface area contributed by atoms with Gasteiger partial charge in [-0.2, -0.15) is 0 Å². The van der Waals surface area contributed by atoms with E-state index in [1.807, 2.05) is 24.3 Å². The molecule has 0 saturated heterocycles. The highest BCUT2D eigenvalue weighted by Crippen LogP contribution is 2.10. The molecule has 0 heterocycles. The molecule has 0 aliphatic heterocycles. The second kappa shape index (κ2) is 5.20. The van der Waals surface area contributed by atoms with Crippen LogP contribution in [0.25, 0.3) is 6.08 Å². The molecule has 0 fully saturated rings. The lowest BCUT2D eigenvalue weighted by molar-refractivity contribution is -0.135. The van der Waals surface area contributed by atoms with E-state index in [2.05, 4.69) is 6.92 Å². The second-order valence-corrected chi connectivity index (χ2v) is 3.11. The van der Waals surface area contributed by atoms with Crippen LogP contribution in [0.3, 0.4) is 0 Å². The highest BCUT2D eigenvalue weighted by atomic mass is 16.5. The van der Waals surface area contributed by atoms with Gasteiger partial charge in [0.25, 0.3) is 0 Å². The third-order valence-corrected chi connectivity index (χ3v) is 2.12. The van der Waals surface area contributed by atoms with Crippen molar-refractivity contribution in [3.05, 3.63) is 41.2 Å². The van der Waals surface area contributed by atoms with Gasteiger partial charge in [0.05, 0.1) is 7.11 Å². The number of carbonyl (C=O) groups is 1. The minimum atomic E-state index is -1.06. The van der Waals surface area contributed by atoms with E-state index in [-0.39, 0.29) is 5.76 Å². The molecule has 1 aromatic rings. The average Bonchev–Trinajstić information content (AvgIpc) is 2.26. The van der Waals surface area contributed by atoms with Crippen LogP contribution in [-0.2, 0) is 16.0 Å². The van der Waals surface area contributed by atoms with Crippen LogP contribution in [0.2, 0.25) is 0 Å². The fourth-order valence-electron chi connectivity index (χ4n) is 1.21. The van der Waals surface area contributed by atoms with E-state index in [0.717, 1.165) is 12.0 Å². The summed E-state index contributed by atoms with van der Waals surface area (Å²) in [4.78, 5) is 10.7. The van der Waals surface area contributed by atoms with Crippen molar-refractivity contribution in [3.8, 4) is 0 Å². The first kappa shape index (κ1) is 11.3. The molecule has 3 heteroatoms. The van der Waals surface area contributed by atoms with Gasteiger partial charge in [0.1, 0.15) is 0 Å². The number of aliphatic carboxylic acids is 1. The van der Waals surface area contributed by atoms with Gasteiger partial charge in [0, 0.05) is 0 Å². The Morgan fingerprint density at radius 3 is 2.40 bits per heavy atom. The molecule has 0 amide bonds. The summed E-state index contributed by atoms with van der Waals surface area (Å²) in [6.07, 6.45) is 2.47. The fourth-order valence-corrected chi connectivity index (χ4v) is 1.21. The fraction of sp³-hybridized carbons (Fsp3) is 0.250. The van der Waals surface area contributed by atoms with Crippen molar-refractivity contribution in [1.29, 1.82) is 0 Å². The zero-order valence-electron chi connectivity index (χ0n) is 8.86. The number of benzene rings is 1. The predicted octanol–water partition coefficient (Wildman–Crippen LogP) is 2.32. The minimum absolute atomic E-state index is 0.0563. The van der Waals surface area contributed by atoms with E-state index in [4.69, 9.17) is 9.84 Å². The normalized spacial score (nSPS) is 11.2. The summed E-state index contributed by atoms with van der Waals surface area (Å²) in [5.41, 5.74) is 2.05. The smallest absolute Gasteiger partial charge is 0.371 e. The predicted molar refractivity (Wildman–Crippen MR) is 58.4 cm³/mol. The zero-order chi connectivity index (χ0) is 11.3. The number of carboxylic acid groups (broad SMARTS) is 1. The Hall–Kier alpha value is -1.77. The third-order valence-electron chi connectivity index (χ3n) is 2.12. The van der Waals surface area contributed by atoms with E-state index >= 15 is 0 Å². The molecule has 0 aromatic heterocycles. The molecule has 0 atom stereocenters. The third kappa shape index (κ3) is 3.13. The first-order chi connectivity index (χ1) is 7.17. The number of carboxylic acids is 1. The summed E-state index contributed by atoms with van der Waals surface area (Å²) in [6, 6.07) is 7.70. The van der Waals surface area contributed by atoms with Crippen LogP contribution in [0.5, 0.6) is 0 Å². The van der Waals surface area contributed by atoms with Gasteiger partial charge in [-0.3, -0.25) is 0 Å². The lowest BCUT2D eigenvalue weighted by Gasteiger charge is -2.01. The van der Waals surface area contributed by atoms with Crippen LogP contribution >= 0.6 is 0 Å². The molecule has 1 N–H and O–H groups in total. The molecule has 0 bridgehead atoms. The number of ether oxygens (including phenoxy) is 1. The summed E-state index contributed by atoms with van der Waals surface area (Å²) < 4.78 is 4.73. The Balaban J connectivity index is 2.92. The molecular formula is C12H14O3. The Morgan fingerprint density at radius 1 is 1.40 bits per heavy atom. The maximum atomic E-state index is 10.7. The SMILES string of the molecule is CCc1ccc(C=C(OC)C(=O)O)cc1. The van der Waals surface area contributed by atoms with Gasteiger partial charge in [0.15, 0.2) is 0 Å². The number of aryl methyl sites for hydroxylation is 1.